The molecule has 5 heteroatoms. The van der Waals surface area contributed by atoms with Gasteiger partial charge in [0.15, 0.2) is 0 Å². The molecule has 0 saturated heterocycles. The van der Waals surface area contributed by atoms with E-state index in [9.17, 15) is 0 Å². The Balaban J connectivity index is 2.10. The van der Waals surface area contributed by atoms with Gasteiger partial charge in [0.25, 0.3) is 0 Å². The Hall–Kier alpha value is -2.35. The van der Waals surface area contributed by atoms with E-state index in [1.165, 1.54) is 0 Å². The zero-order chi connectivity index (χ0) is 13.0. The van der Waals surface area contributed by atoms with Gasteiger partial charge in [-0.3, -0.25) is 4.68 Å². The molecule has 0 fully saturated rings. The highest BCUT2D eigenvalue weighted by atomic mass is 15.3. The molecule has 5 nitrogen and oxygen atoms in total. The van der Waals surface area contributed by atoms with Crippen LogP contribution in [0.1, 0.15) is 18.1 Å². The SMILES string of the molecule is Cc1ccnc(NC(C)Cn2cccn2)c1C#N. The molecule has 2 heterocycles. The van der Waals surface area contributed by atoms with Crippen molar-refractivity contribution in [2.45, 2.75) is 26.4 Å². The highest BCUT2D eigenvalue weighted by molar-refractivity contribution is 5.55. The number of nitrogens with zero attached hydrogens (tertiary/aromatic N) is 4. The van der Waals surface area contributed by atoms with Gasteiger partial charge in [-0.25, -0.2) is 4.98 Å². The van der Waals surface area contributed by atoms with Crippen molar-refractivity contribution in [3.63, 3.8) is 0 Å². The van der Waals surface area contributed by atoms with Crippen LogP contribution in [-0.2, 0) is 6.54 Å². The first-order chi connectivity index (χ1) is 8.70. The molecule has 1 N–H and O–H groups in total. The Morgan fingerprint density at radius 1 is 1.50 bits per heavy atom. The van der Waals surface area contributed by atoms with Crippen molar-refractivity contribution in [3.8, 4) is 6.07 Å². The lowest BCUT2D eigenvalue weighted by atomic mass is 10.1. The molecular weight excluding hydrogens is 226 g/mol. The van der Waals surface area contributed by atoms with Gasteiger partial charge in [-0.2, -0.15) is 10.4 Å². The number of pyridine rings is 1. The Kier molecular flexibility index (Phi) is 3.58. The highest BCUT2D eigenvalue weighted by Gasteiger charge is 2.10. The van der Waals surface area contributed by atoms with Crippen LogP contribution in [-0.4, -0.2) is 20.8 Å². The molecule has 0 aromatic carbocycles. The lowest BCUT2D eigenvalue weighted by molar-refractivity contribution is 0.559. The van der Waals surface area contributed by atoms with Crippen LogP contribution < -0.4 is 5.32 Å². The summed E-state index contributed by atoms with van der Waals surface area (Å²) < 4.78 is 1.85. The minimum absolute atomic E-state index is 0.145. The quantitative estimate of drug-likeness (QED) is 0.888. The van der Waals surface area contributed by atoms with Crippen LogP contribution in [0.5, 0.6) is 0 Å². The van der Waals surface area contributed by atoms with Gasteiger partial charge < -0.3 is 5.32 Å². The van der Waals surface area contributed by atoms with Gasteiger partial charge in [0.2, 0.25) is 0 Å². The highest BCUT2D eigenvalue weighted by Crippen LogP contribution is 2.16. The fraction of sp³-hybridized carbons (Fsp3) is 0.308. The third-order valence-corrected chi connectivity index (χ3v) is 2.67. The minimum Gasteiger partial charge on any atom is -0.365 e. The average molecular weight is 241 g/mol. The van der Waals surface area contributed by atoms with Crippen LogP contribution in [0.15, 0.2) is 30.7 Å². The molecule has 0 bridgehead atoms. The summed E-state index contributed by atoms with van der Waals surface area (Å²) in [6.45, 7) is 4.67. The van der Waals surface area contributed by atoms with E-state index in [-0.39, 0.29) is 6.04 Å². The van der Waals surface area contributed by atoms with Gasteiger partial charge in [-0.05, 0) is 31.5 Å². The minimum atomic E-state index is 0.145. The molecule has 2 aromatic rings. The Morgan fingerprint density at radius 3 is 3.00 bits per heavy atom. The number of nitrogens with one attached hydrogen (secondary N) is 1. The standard InChI is InChI=1S/C13H15N5/c1-10-4-6-15-13(12(10)8-14)17-11(2)9-18-7-3-5-16-18/h3-7,11H,9H2,1-2H3,(H,15,17). The van der Waals surface area contributed by atoms with E-state index in [0.29, 0.717) is 11.4 Å². The molecule has 0 aliphatic heterocycles. The van der Waals surface area contributed by atoms with E-state index in [1.807, 2.05) is 36.9 Å². The fourth-order valence-electron chi connectivity index (χ4n) is 1.78. The summed E-state index contributed by atoms with van der Waals surface area (Å²) in [5.74, 6) is 0.636. The molecule has 0 aliphatic rings. The van der Waals surface area contributed by atoms with Crippen molar-refractivity contribution in [1.82, 2.24) is 14.8 Å². The zero-order valence-corrected chi connectivity index (χ0v) is 10.5. The summed E-state index contributed by atoms with van der Waals surface area (Å²) in [5, 5.41) is 16.5. The number of aryl methyl sites for hydroxylation is 1. The lowest BCUT2D eigenvalue weighted by Crippen LogP contribution is -2.23. The Morgan fingerprint density at radius 2 is 2.33 bits per heavy atom. The second-order valence-electron chi connectivity index (χ2n) is 4.24. The second-order valence-corrected chi connectivity index (χ2v) is 4.24. The van der Waals surface area contributed by atoms with Crippen LogP contribution in [0.3, 0.4) is 0 Å². The van der Waals surface area contributed by atoms with E-state index in [0.717, 1.165) is 12.1 Å². The van der Waals surface area contributed by atoms with Gasteiger partial charge in [0.05, 0.1) is 12.1 Å². The first-order valence-corrected chi connectivity index (χ1v) is 5.80. The summed E-state index contributed by atoms with van der Waals surface area (Å²) in [6.07, 6.45) is 5.37. The third kappa shape index (κ3) is 2.66. The van der Waals surface area contributed by atoms with Gasteiger partial charge in [-0.1, -0.05) is 0 Å². The van der Waals surface area contributed by atoms with E-state index in [1.54, 1.807) is 12.4 Å². The van der Waals surface area contributed by atoms with Crippen LogP contribution in [0, 0.1) is 18.3 Å². The molecule has 92 valence electrons. The summed E-state index contributed by atoms with van der Waals surface area (Å²) in [6, 6.07) is 6.05. The number of hydrogen-bond acceptors (Lipinski definition) is 4. The molecule has 0 radical (unpaired) electrons. The summed E-state index contributed by atoms with van der Waals surface area (Å²) in [4.78, 5) is 4.22. The smallest absolute Gasteiger partial charge is 0.144 e. The first kappa shape index (κ1) is 12.1. The molecule has 0 amide bonds. The van der Waals surface area contributed by atoms with Gasteiger partial charge in [0.1, 0.15) is 11.9 Å². The van der Waals surface area contributed by atoms with Crippen LogP contribution in [0.2, 0.25) is 0 Å². The predicted octanol–water partition coefficient (Wildman–Crippen LogP) is 1.96. The van der Waals surface area contributed by atoms with E-state index < -0.39 is 0 Å². The molecular formula is C13H15N5. The van der Waals surface area contributed by atoms with E-state index >= 15 is 0 Å². The maximum Gasteiger partial charge on any atom is 0.144 e. The fourth-order valence-corrected chi connectivity index (χ4v) is 1.78. The van der Waals surface area contributed by atoms with E-state index in [2.05, 4.69) is 21.5 Å². The van der Waals surface area contributed by atoms with Crippen molar-refractivity contribution in [2.24, 2.45) is 0 Å². The summed E-state index contributed by atoms with van der Waals surface area (Å²) in [7, 11) is 0. The van der Waals surface area contributed by atoms with E-state index in [4.69, 9.17) is 5.26 Å². The maximum absolute atomic E-state index is 9.12. The van der Waals surface area contributed by atoms with Gasteiger partial charge in [0, 0.05) is 24.6 Å². The van der Waals surface area contributed by atoms with Crippen molar-refractivity contribution in [1.29, 1.82) is 5.26 Å². The number of hydrogen-bond donors (Lipinski definition) is 1. The molecule has 0 spiro atoms. The molecule has 1 unspecified atom stereocenters. The Labute approximate surface area is 106 Å². The van der Waals surface area contributed by atoms with Crippen LogP contribution in [0.25, 0.3) is 0 Å². The summed E-state index contributed by atoms with van der Waals surface area (Å²) in [5.41, 5.74) is 1.53. The monoisotopic (exact) mass is 241 g/mol. The predicted molar refractivity (Wildman–Crippen MR) is 69.0 cm³/mol. The molecule has 0 saturated carbocycles. The number of aromatic nitrogens is 3. The van der Waals surface area contributed by atoms with Crippen molar-refractivity contribution < 1.29 is 0 Å². The van der Waals surface area contributed by atoms with Crippen molar-refractivity contribution in [3.05, 3.63) is 41.9 Å². The number of anilines is 1. The normalized spacial score (nSPS) is 11.8. The van der Waals surface area contributed by atoms with Crippen LogP contribution >= 0.6 is 0 Å². The topological polar surface area (TPSA) is 66.5 Å². The molecule has 0 aliphatic carbocycles. The molecule has 18 heavy (non-hydrogen) atoms. The third-order valence-electron chi connectivity index (χ3n) is 2.67. The van der Waals surface area contributed by atoms with Crippen LogP contribution in [0.4, 0.5) is 5.82 Å². The molecule has 2 aromatic heterocycles. The zero-order valence-electron chi connectivity index (χ0n) is 10.5. The molecule has 2 rings (SSSR count). The number of rotatable bonds is 4. The first-order valence-electron chi connectivity index (χ1n) is 5.80. The summed E-state index contributed by atoms with van der Waals surface area (Å²) >= 11 is 0. The van der Waals surface area contributed by atoms with Crippen molar-refractivity contribution in [2.75, 3.05) is 5.32 Å². The van der Waals surface area contributed by atoms with Crippen molar-refractivity contribution >= 4 is 5.82 Å². The Bertz CT molecular complexity index is 553. The molecule has 1 atom stereocenters. The maximum atomic E-state index is 9.12. The lowest BCUT2D eigenvalue weighted by Gasteiger charge is -2.16. The average Bonchev–Trinajstić information content (AvgIpc) is 2.82. The largest absolute Gasteiger partial charge is 0.365 e. The van der Waals surface area contributed by atoms with Gasteiger partial charge >= 0.3 is 0 Å². The number of nitriles is 1. The van der Waals surface area contributed by atoms with Gasteiger partial charge in [-0.15, -0.1) is 0 Å². The second kappa shape index (κ2) is 5.32.